The van der Waals surface area contributed by atoms with E-state index in [2.05, 4.69) is 5.32 Å². The molecule has 2 rings (SSSR count). The zero-order valence-corrected chi connectivity index (χ0v) is 12.8. The summed E-state index contributed by atoms with van der Waals surface area (Å²) >= 11 is 6.10. The van der Waals surface area contributed by atoms with E-state index in [4.69, 9.17) is 11.6 Å². The van der Waals surface area contributed by atoms with Gasteiger partial charge in [-0.1, -0.05) is 42.8 Å². The van der Waals surface area contributed by atoms with Gasteiger partial charge in [-0.25, -0.2) is 8.78 Å². The van der Waals surface area contributed by atoms with Crippen LogP contribution >= 0.6 is 11.6 Å². The first kappa shape index (κ1) is 15.9. The topological polar surface area (TPSA) is 12.0 Å². The zero-order valence-electron chi connectivity index (χ0n) is 12.1. The van der Waals surface area contributed by atoms with Gasteiger partial charge in [0.05, 0.1) is 11.1 Å². The summed E-state index contributed by atoms with van der Waals surface area (Å²) in [5.41, 5.74) is 2.09. The Morgan fingerprint density at radius 1 is 1.14 bits per heavy atom. The second-order valence-corrected chi connectivity index (χ2v) is 5.42. The van der Waals surface area contributed by atoms with Gasteiger partial charge in [0.2, 0.25) is 0 Å². The minimum Gasteiger partial charge on any atom is -0.306 e. The van der Waals surface area contributed by atoms with Gasteiger partial charge in [0, 0.05) is 0 Å². The molecule has 0 aliphatic rings. The summed E-state index contributed by atoms with van der Waals surface area (Å²) in [5, 5.41) is 3.45. The van der Waals surface area contributed by atoms with Gasteiger partial charge in [-0.05, 0) is 48.7 Å². The van der Waals surface area contributed by atoms with Crippen molar-refractivity contribution in [2.24, 2.45) is 0 Å². The van der Waals surface area contributed by atoms with Gasteiger partial charge < -0.3 is 5.32 Å². The molecule has 0 aliphatic carbocycles. The fourth-order valence-electron chi connectivity index (χ4n) is 2.29. The Labute approximate surface area is 128 Å². The highest BCUT2D eigenvalue weighted by Gasteiger charge is 2.19. The van der Waals surface area contributed by atoms with Crippen molar-refractivity contribution in [3.63, 3.8) is 0 Å². The molecule has 0 aromatic heterocycles. The van der Waals surface area contributed by atoms with E-state index < -0.39 is 5.82 Å². The molecular weight excluding hydrogens is 292 g/mol. The number of hydrogen-bond acceptors (Lipinski definition) is 1. The third-order valence-corrected chi connectivity index (χ3v) is 3.81. The second kappa shape index (κ2) is 7.01. The van der Waals surface area contributed by atoms with Crippen molar-refractivity contribution >= 4 is 11.6 Å². The Kier molecular flexibility index (Phi) is 5.32. The summed E-state index contributed by atoms with van der Waals surface area (Å²) in [4.78, 5) is 0. The van der Waals surface area contributed by atoms with E-state index in [1.165, 1.54) is 12.1 Å². The number of hydrogen-bond donors (Lipinski definition) is 1. The molecule has 0 aliphatic heterocycles. The Morgan fingerprint density at radius 2 is 1.90 bits per heavy atom. The molecule has 0 heterocycles. The first-order valence-corrected chi connectivity index (χ1v) is 7.35. The first-order chi connectivity index (χ1) is 10.0. The van der Waals surface area contributed by atoms with Gasteiger partial charge in [-0.3, -0.25) is 0 Å². The van der Waals surface area contributed by atoms with Gasteiger partial charge in [-0.15, -0.1) is 0 Å². The highest BCUT2D eigenvalue weighted by atomic mass is 35.5. The molecule has 0 radical (unpaired) electrons. The maximum absolute atomic E-state index is 13.7. The van der Waals surface area contributed by atoms with E-state index in [1.54, 1.807) is 31.2 Å². The molecule has 0 saturated carbocycles. The monoisotopic (exact) mass is 309 g/mol. The molecule has 2 aromatic carbocycles. The second-order valence-electron chi connectivity index (χ2n) is 5.04. The van der Waals surface area contributed by atoms with Gasteiger partial charge in [0.15, 0.2) is 0 Å². The number of aryl methyl sites for hydroxylation is 1. The lowest BCUT2D eigenvalue weighted by Crippen LogP contribution is -2.24. The number of benzene rings is 2. The van der Waals surface area contributed by atoms with Crippen LogP contribution in [-0.4, -0.2) is 6.54 Å². The van der Waals surface area contributed by atoms with Gasteiger partial charge in [0.25, 0.3) is 0 Å². The van der Waals surface area contributed by atoms with E-state index in [9.17, 15) is 8.78 Å². The largest absolute Gasteiger partial charge is 0.306 e. The summed E-state index contributed by atoms with van der Waals surface area (Å²) in [6, 6.07) is 9.40. The van der Waals surface area contributed by atoms with Crippen LogP contribution in [0.2, 0.25) is 5.02 Å². The Morgan fingerprint density at radius 3 is 2.57 bits per heavy atom. The molecule has 1 unspecified atom stereocenters. The maximum Gasteiger partial charge on any atom is 0.142 e. The number of halogens is 3. The molecule has 2 aromatic rings. The molecule has 4 heteroatoms. The molecule has 0 fully saturated rings. The molecular formula is C17H18ClF2N. The van der Waals surface area contributed by atoms with Crippen LogP contribution in [0.15, 0.2) is 36.4 Å². The van der Waals surface area contributed by atoms with Gasteiger partial charge in [0.1, 0.15) is 11.6 Å². The van der Waals surface area contributed by atoms with Crippen molar-refractivity contribution in [1.82, 2.24) is 5.32 Å². The number of nitrogens with one attached hydrogen (secondary N) is 1. The van der Waals surface area contributed by atoms with Crippen LogP contribution in [0, 0.1) is 18.6 Å². The fourth-order valence-corrected chi connectivity index (χ4v) is 2.52. The smallest absolute Gasteiger partial charge is 0.142 e. The van der Waals surface area contributed by atoms with E-state index in [0.29, 0.717) is 11.1 Å². The van der Waals surface area contributed by atoms with Crippen LogP contribution in [-0.2, 0) is 0 Å². The van der Waals surface area contributed by atoms with Gasteiger partial charge in [-0.2, -0.15) is 0 Å². The van der Waals surface area contributed by atoms with Gasteiger partial charge >= 0.3 is 0 Å². The molecule has 1 atom stereocenters. The maximum atomic E-state index is 13.7. The lowest BCUT2D eigenvalue weighted by atomic mass is 9.96. The van der Waals surface area contributed by atoms with Crippen LogP contribution < -0.4 is 5.32 Å². The van der Waals surface area contributed by atoms with E-state index in [-0.39, 0.29) is 16.9 Å². The summed E-state index contributed by atoms with van der Waals surface area (Å²) < 4.78 is 27.2. The van der Waals surface area contributed by atoms with Crippen LogP contribution in [0.3, 0.4) is 0 Å². The van der Waals surface area contributed by atoms with E-state index >= 15 is 0 Å². The molecule has 1 N–H and O–H groups in total. The highest BCUT2D eigenvalue weighted by molar-refractivity contribution is 6.31. The van der Waals surface area contributed by atoms with Crippen molar-refractivity contribution in [3.8, 4) is 0 Å². The predicted molar refractivity (Wildman–Crippen MR) is 82.7 cm³/mol. The molecule has 112 valence electrons. The summed E-state index contributed by atoms with van der Waals surface area (Å²) in [6.45, 7) is 4.52. The Hall–Kier alpha value is -1.45. The summed E-state index contributed by atoms with van der Waals surface area (Å²) in [5.74, 6) is -0.699. The lowest BCUT2D eigenvalue weighted by molar-refractivity contribution is 0.581. The van der Waals surface area contributed by atoms with Crippen LogP contribution in [0.4, 0.5) is 8.78 Å². The van der Waals surface area contributed by atoms with Crippen molar-refractivity contribution in [1.29, 1.82) is 0 Å². The van der Waals surface area contributed by atoms with Crippen molar-refractivity contribution in [2.45, 2.75) is 26.3 Å². The fraction of sp³-hybridized carbons (Fsp3) is 0.294. The third kappa shape index (κ3) is 3.60. The number of rotatable bonds is 5. The van der Waals surface area contributed by atoms with Crippen molar-refractivity contribution < 1.29 is 8.78 Å². The lowest BCUT2D eigenvalue weighted by Gasteiger charge is -2.21. The standard InChI is InChI=1S/C17H18ClF2N/c1-3-9-21-17(12-7-8-14(19)11(2)10-12)13-5-4-6-15(20)16(13)18/h4-8,10,17,21H,3,9H2,1-2H3. The first-order valence-electron chi connectivity index (χ1n) is 6.98. The highest BCUT2D eigenvalue weighted by Crippen LogP contribution is 2.30. The van der Waals surface area contributed by atoms with Crippen molar-refractivity contribution in [2.75, 3.05) is 6.54 Å². The van der Waals surface area contributed by atoms with Crippen LogP contribution in [0.5, 0.6) is 0 Å². The molecule has 1 nitrogen and oxygen atoms in total. The average Bonchev–Trinajstić information content (AvgIpc) is 2.47. The molecule has 0 bridgehead atoms. The minimum atomic E-state index is -0.448. The Bertz CT molecular complexity index is 628. The molecule has 0 saturated heterocycles. The molecule has 0 spiro atoms. The predicted octanol–water partition coefficient (Wildman–Crippen LogP) is 5.02. The molecule has 0 amide bonds. The SMILES string of the molecule is CCCNC(c1ccc(F)c(C)c1)c1cccc(F)c1Cl. The normalized spacial score (nSPS) is 12.4. The van der Waals surface area contributed by atoms with E-state index in [1.807, 2.05) is 6.92 Å². The van der Waals surface area contributed by atoms with E-state index in [0.717, 1.165) is 18.5 Å². The Balaban J connectivity index is 2.47. The minimum absolute atomic E-state index is 0.105. The summed E-state index contributed by atoms with van der Waals surface area (Å²) in [6.07, 6.45) is 0.934. The molecule has 21 heavy (non-hydrogen) atoms. The van der Waals surface area contributed by atoms with Crippen LogP contribution in [0.1, 0.15) is 36.1 Å². The quantitative estimate of drug-likeness (QED) is 0.818. The van der Waals surface area contributed by atoms with Crippen LogP contribution in [0.25, 0.3) is 0 Å². The van der Waals surface area contributed by atoms with Crippen molar-refractivity contribution in [3.05, 3.63) is 69.7 Å². The zero-order chi connectivity index (χ0) is 15.4. The average molecular weight is 310 g/mol. The third-order valence-electron chi connectivity index (χ3n) is 3.41. The summed E-state index contributed by atoms with van der Waals surface area (Å²) in [7, 11) is 0.